The van der Waals surface area contributed by atoms with Crippen molar-refractivity contribution in [2.24, 2.45) is 0 Å². The van der Waals surface area contributed by atoms with Crippen LogP contribution in [0.2, 0.25) is 0 Å². The smallest absolute Gasteiger partial charge is 0.251 e. The van der Waals surface area contributed by atoms with Crippen molar-refractivity contribution in [3.63, 3.8) is 0 Å². The summed E-state index contributed by atoms with van der Waals surface area (Å²) in [6.07, 6.45) is 4.06. The van der Waals surface area contributed by atoms with Gasteiger partial charge < -0.3 is 8.83 Å². The molecule has 14 heavy (non-hydrogen) atoms. The minimum Gasteiger partial charge on any atom is -0.472 e. The van der Waals surface area contributed by atoms with Gasteiger partial charge in [0.15, 0.2) is 0 Å². The Morgan fingerprint density at radius 1 is 1.50 bits per heavy atom. The molecule has 0 saturated carbocycles. The maximum Gasteiger partial charge on any atom is 0.251 e. The first kappa shape index (κ1) is 9.45. The third kappa shape index (κ3) is 1.72. The Morgan fingerprint density at radius 3 is 3.00 bits per heavy atom. The van der Waals surface area contributed by atoms with Gasteiger partial charge in [-0.1, -0.05) is 22.9 Å². The Bertz CT molecular complexity index is 397. The molecule has 1 unspecified atom stereocenters. The van der Waals surface area contributed by atoms with Gasteiger partial charge in [-0.25, -0.2) is 0 Å². The van der Waals surface area contributed by atoms with E-state index in [0.717, 1.165) is 12.0 Å². The zero-order valence-electron chi connectivity index (χ0n) is 7.61. The highest BCUT2D eigenvalue weighted by atomic mass is 79.9. The highest BCUT2D eigenvalue weighted by Crippen LogP contribution is 2.27. The lowest BCUT2D eigenvalue weighted by molar-refractivity contribution is 0.499. The molecule has 0 spiro atoms. The lowest BCUT2D eigenvalue weighted by Crippen LogP contribution is -1.86. The maximum atomic E-state index is 5.45. The van der Waals surface area contributed by atoms with Gasteiger partial charge in [0.2, 0.25) is 5.89 Å². The minimum atomic E-state index is 0.121. The number of hydrogen-bond donors (Lipinski definition) is 0. The fourth-order valence-electron chi connectivity index (χ4n) is 1.04. The predicted molar refractivity (Wildman–Crippen MR) is 54.0 cm³/mol. The zero-order chi connectivity index (χ0) is 9.97. The molecule has 2 aromatic rings. The molecular weight excluding hydrogens is 248 g/mol. The maximum absolute atomic E-state index is 5.45. The molecule has 0 aliphatic heterocycles. The number of hydrogen-bond acceptors (Lipinski definition) is 4. The molecule has 5 heteroatoms. The summed E-state index contributed by atoms with van der Waals surface area (Å²) in [7, 11) is 0. The monoisotopic (exact) mass is 256 g/mol. The first-order valence-electron chi connectivity index (χ1n) is 4.31. The van der Waals surface area contributed by atoms with E-state index < -0.39 is 0 Å². The minimum absolute atomic E-state index is 0.121. The van der Waals surface area contributed by atoms with Gasteiger partial charge in [0, 0.05) is 0 Å². The van der Waals surface area contributed by atoms with Gasteiger partial charge in [0.25, 0.3) is 5.89 Å². The number of alkyl halides is 1. The second-order valence-electron chi connectivity index (χ2n) is 2.83. The largest absolute Gasteiger partial charge is 0.472 e. The van der Waals surface area contributed by atoms with Crippen molar-refractivity contribution in [3.8, 4) is 11.5 Å². The molecule has 2 heterocycles. The van der Waals surface area contributed by atoms with E-state index in [1.165, 1.54) is 0 Å². The molecule has 0 aliphatic carbocycles. The van der Waals surface area contributed by atoms with Crippen LogP contribution in [0.15, 0.2) is 27.4 Å². The molecule has 4 nitrogen and oxygen atoms in total. The fraction of sp³-hybridized carbons (Fsp3) is 0.333. The molecule has 0 aliphatic rings. The van der Waals surface area contributed by atoms with Gasteiger partial charge in [0.1, 0.15) is 6.26 Å². The van der Waals surface area contributed by atoms with Gasteiger partial charge in [-0.05, 0) is 12.5 Å². The van der Waals surface area contributed by atoms with Gasteiger partial charge in [-0.15, -0.1) is 10.2 Å². The number of nitrogens with zero attached hydrogens (tertiary/aromatic N) is 2. The number of aromatic nitrogens is 2. The summed E-state index contributed by atoms with van der Waals surface area (Å²) in [5, 5.41) is 7.86. The lowest BCUT2D eigenvalue weighted by atomic mass is 10.3. The standard InChI is InChI=1S/C9H9BrN2O2/c1-2-7(10)9-12-11-8(14-9)6-3-4-13-5-6/h3-5,7H,2H2,1H3. The number of rotatable bonds is 3. The van der Waals surface area contributed by atoms with Gasteiger partial charge in [-0.2, -0.15) is 0 Å². The number of furan rings is 1. The molecule has 0 saturated heterocycles. The molecule has 0 N–H and O–H groups in total. The normalized spacial score (nSPS) is 13.0. The molecule has 0 fully saturated rings. The van der Waals surface area contributed by atoms with Crippen molar-refractivity contribution in [3.05, 3.63) is 24.5 Å². The summed E-state index contributed by atoms with van der Waals surface area (Å²) in [5.41, 5.74) is 0.805. The summed E-state index contributed by atoms with van der Waals surface area (Å²) in [6.45, 7) is 2.04. The third-order valence-corrected chi connectivity index (χ3v) is 2.87. The van der Waals surface area contributed by atoms with Crippen LogP contribution >= 0.6 is 15.9 Å². The lowest BCUT2D eigenvalue weighted by Gasteiger charge is -1.97. The van der Waals surface area contributed by atoms with Crippen molar-refractivity contribution in [2.45, 2.75) is 18.2 Å². The molecule has 2 aromatic heterocycles. The van der Waals surface area contributed by atoms with Crippen molar-refractivity contribution in [1.82, 2.24) is 10.2 Å². The molecule has 0 aromatic carbocycles. The molecule has 2 rings (SSSR count). The van der Waals surface area contributed by atoms with E-state index in [0.29, 0.717) is 11.8 Å². The van der Waals surface area contributed by atoms with E-state index in [1.54, 1.807) is 18.6 Å². The van der Waals surface area contributed by atoms with Crippen LogP contribution in [-0.4, -0.2) is 10.2 Å². The van der Waals surface area contributed by atoms with E-state index in [4.69, 9.17) is 8.83 Å². The van der Waals surface area contributed by atoms with Crippen LogP contribution in [0.1, 0.15) is 24.1 Å². The van der Waals surface area contributed by atoms with Crippen molar-refractivity contribution < 1.29 is 8.83 Å². The van der Waals surface area contributed by atoms with E-state index >= 15 is 0 Å². The second-order valence-corrected chi connectivity index (χ2v) is 3.94. The number of halogens is 1. The Balaban J connectivity index is 2.26. The topological polar surface area (TPSA) is 52.1 Å². The van der Waals surface area contributed by atoms with Crippen molar-refractivity contribution in [2.75, 3.05) is 0 Å². The first-order valence-corrected chi connectivity index (χ1v) is 5.23. The highest BCUT2D eigenvalue weighted by molar-refractivity contribution is 9.09. The Kier molecular flexibility index (Phi) is 2.67. The predicted octanol–water partition coefficient (Wildman–Crippen LogP) is 3.18. The fourth-order valence-corrected chi connectivity index (χ4v) is 1.22. The van der Waals surface area contributed by atoms with Crippen LogP contribution in [0.4, 0.5) is 0 Å². The van der Waals surface area contributed by atoms with Crippen LogP contribution < -0.4 is 0 Å². The Hall–Kier alpha value is -1.10. The SMILES string of the molecule is CCC(Br)c1nnc(-c2ccoc2)o1. The van der Waals surface area contributed by atoms with Gasteiger partial charge >= 0.3 is 0 Å². The van der Waals surface area contributed by atoms with Crippen LogP contribution in [0, 0.1) is 0 Å². The van der Waals surface area contributed by atoms with E-state index in [1.807, 2.05) is 6.92 Å². The van der Waals surface area contributed by atoms with Crippen LogP contribution in [0.3, 0.4) is 0 Å². The Morgan fingerprint density at radius 2 is 2.36 bits per heavy atom. The summed E-state index contributed by atoms with van der Waals surface area (Å²) < 4.78 is 10.4. The average Bonchev–Trinajstić information content (AvgIpc) is 2.86. The first-order chi connectivity index (χ1) is 6.81. The van der Waals surface area contributed by atoms with Crippen molar-refractivity contribution >= 4 is 15.9 Å². The van der Waals surface area contributed by atoms with Crippen LogP contribution in [0.25, 0.3) is 11.5 Å². The molecule has 0 amide bonds. The molecule has 1 atom stereocenters. The van der Waals surface area contributed by atoms with E-state index in [2.05, 4.69) is 26.1 Å². The summed E-state index contributed by atoms with van der Waals surface area (Å²) in [5.74, 6) is 1.09. The van der Waals surface area contributed by atoms with Gasteiger partial charge in [-0.3, -0.25) is 0 Å². The van der Waals surface area contributed by atoms with Crippen molar-refractivity contribution in [1.29, 1.82) is 0 Å². The van der Waals surface area contributed by atoms with E-state index in [-0.39, 0.29) is 4.83 Å². The quantitative estimate of drug-likeness (QED) is 0.792. The van der Waals surface area contributed by atoms with Gasteiger partial charge in [0.05, 0.1) is 16.7 Å². The van der Waals surface area contributed by atoms with Crippen LogP contribution in [0.5, 0.6) is 0 Å². The second kappa shape index (κ2) is 3.96. The Labute approximate surface area is 89.4 Å². The highest BCUT2D eigenvalue weighted by Gasteiger charge is 2.14. The summed E-state index contributed by atoms with van der Waals surface area (Å²) in [4.78, 5) is 0.121. The molecule has 0 bridgehead atoms. The summed E-state index contributed by atoms with van der Waals surface area (Å²) in [6, 6.07) is 1.78. The average molecular weight is 257 g/mol. The van der Waals surface area contributed by atoms with E-state index in [9.17, 15) is 0 Å². The molecule has 74 valence electrons. The summed E-state index contributed by atoms with van der Waals surface area (Å²) >= 11 is 3.44. The molecule has 0 radical (unpaired) electrons. The zero-order valence-corrected chi connectivity index (χ0v) is 9.19. The van der Waals surface area contributed by atoms with Crippen LogP contribution in [-0.2, 0) is 0 Å². The molecular formula is C9H9BrN2O2. The third-order valence-electron chi connectivity index (χ3n) is 1.84.